The Bertz CT molecular complexity index is 513. The maximum atomic E-state index is 9.18. The SMILES string of the molecule is CC(I)c1cc(Cl)ccc1-n1cc(O)nn1. The first-order valence-corrected chi connectivity index (χ1v) is 6.25. The second-order valence-electron chi connectivity index (χ2n) is 3.34. The summed E-state index contributed by atoms with van der Waals surface area (Å²) >= 11 is 8.26. The zero-order valence-electron chi connectivity index (χ0n) is 8.43. The van der Waals surface area contributed by atoms with Crippen LogP contribution in [-0.2, 0) is 0 Å². The Hall–Kier alpha value is -0.820. The molecule has 1 aromatic carbocycles. The van der Waals surface area contributed by atoms with Crippen molar-refractivity contribution in [2.75, 3.05) is 0 Å². The number of alkyl halides is 1. The van der Waals surface area contributed by atoms with Crippen LogP contribution in [0.25, 0.3) is 5.69 Å². The molecule has 1 N–H and O–H groups in total. The number of benzene rings is 1. The smallest absolute Gasteiger partial charge is 0.251 e. The molecule has 1 aromatic heterocycles. The molecule has 0 bridgehead atoms. The Morgan fingerprint density at radius 3 is 2.81 bits per heavy atom. The van der Waals surface area contributed by atoms with Gasteiger partial charge in [0.2, 0.25) is 0 Å². The van der Waals surface area contributed by atoms with Crippen molar-refractivity contribution in [2.24, 2.45) is 0 Å². The molecule has 0 saturated carbocycles. The van der Waals surface area contributed by atoms with E-state index in [1.54, 1.807) is 6.07 Å². The van der Waals surface area contributed by atoms with E-state index in [0.29, 0.717) is 5.02 Å². The van der Waals surface area contributed by atoms with E-state index in [1.807, 2.05) is 12.1 Å². The summed E-state index contributed by atoms with van der Waals surface area (Å²) < 4.78 is 1.83. The number of aromatic hydroxyl groups is 1. The van der Waals surface area contributed by atoms with Gasteiger partial charge in [0, 0.05) is 8.95 Å². The molecule has 4 nitrogen and oxygen atoms in total. The molecule has 0 fully saturated rings. The van der Waals surface area contributed by atoms with Gasteiger partial charge in [-0.15, -0.1) is 0 Å². The second kappa shape index (κ2) is 4.58. The van der Waals surface area contributed by atoms with E-state index in [9.17, 15) is 5.11 Å². The fraction of sp³-hybridized carbons (Fsp3) is 0.200. The summed E-state index contributed by atoms with van der Waals surface area (Å²) in [6.07, 6.45) is 1.46. The zero-order chi connectivity index (χ0) is 11.7. The highest BCUT2D eigenvalue weighted by molar-refractivity contribution is 14.1. The van der Waals surface area contributed by atoms with Crippen molar-refractivity contribution >= 4 is 34.2 Å². The van der Waals surface area contributed by atoms with Gasteiger partial charge in [0.05, 0.1) is 11.9 Å². The topological polar surface area (TPSA) is 50.9 Å². The van der Waals surface area contributed by atoms with E-state index in [1.165, 1.54) is 10.9 Å². The van der Waals surface area contributed by atoms with E-state index < -0.39 is 0 Å². The zero-order valence-corrected chi connectivity index (χ0v) is 11.3. The lowest BCUT2D eigenvalue weighted by Gasteiger charge is -2.11. The molecule has 1 unspecified atom stereocenters. The molecule has 1 heterocycles. The summed E-state index contributed by atoms with van der Waals surface area (Å²) in [6.45, 7) is 2.06. The molecular weight excluding hydrogens is 340 g/mol. The summed E-state index contributed by atoms with van der Waals surface area (Å²) in [4.78, 5) is 0. The van der Waals surface area contributed by atoms with Gasteiger partial charge in [-0.3, -0.25) is 0 Å². The first kappa shape index (κ1) is 11.7. The maximum absolute atomic E-state index is 9.18. The largest absolute Gasteiger partial charge is 0.491 e. The molecule has 0 spiro atoms. The standard InChI is InChI=1S/C10H9ClIN3O/c1-6(12)8-4-7(11)2-3-9(8)15-5-10(16)13-14-15/h2-6,16H,1H3. The van der Waals surface area contributed by atoms with Gasteiger partial charge in [-0.05, 0) is 30.7 Å². The normalized spacial score (nSPS) is 12.7. The van der Waals surface area contributed by atoms with E-state index in [2.05, 4.69) is 39.8 Å². The first-order valence-electron chi connectivity index (χ1n) is 4.63. The molecular formula is C10H9ClIN3O. The minimum atomic E-state index is -0.0954. The van der Waals surface area contributed by atoms with Crippen molar-refractivity contribution in [2.45, 2.75) is 10.8 Å². The molecule has 0 aliphatic heterocycles. The molecule has 2 rings (SSSR count). The molecule has 0 aliphatic rings. The van der Waals surface area contributed by atoms with Crippen LogP contribution in [0.4, 0.5) is 0 Å². The third-order valence-corrected chi connectivity index (χ3v) is 3.05. The summed E-state index contributed by atoms with van der Waals surface area (Å²) in [5.74, 6) is -0.0954. The monoisotopic (exact) mass is 349 g/mol. The third kappa shape index (κ3) is 2.30. The van der Waals surface area contributed by atoms with Crippen LogP contribution in [0.5, 0.6) is 5.88 Å². The third-order valence-electron chi connectivity index (χ3n) is 2.15. The molecule has 2 aromatic rings. The molecule has 0 saturated heterocycles. The predicted molar refractivity (Wildman–Crippen MR) is 70.5 cm³/mol. The Kier molecular flexibility index (Phi) is 3.34. The Balaban J connectivity index is 2.56. The van der Waals surface area contributed by atoms with Crippen molar-refractivity contribution in [1.82, 2.24) is 15.0 Å². The lowest BCUT2D eigenvalue weighted by Crippen LogP contribution is -2.00. The fourth-order valence-corrected chi connectivity index (χ4v) is 2.10. The highest BCUT2D eigenvalue weighted by atomic mass is 127. The van der Waals surface area contributed by atoms with Crippen LogP contribution >= 0.6 is 34.2 Å². The Morgan fingerprint density at radius 2 is 2.25 bits per heavy atom. The van der Waals surface area contributed by atoms with Crippen molar-refractivity contribution < 1.29 is 5.11 Å². The van der Waals surface area contributed by atoms with Crippen LogP contribution in [-0.4, -0.2) is 20.1 Å². The number of hydrogen-bond donors (Lipinski definition) is 1. The lowest BCUT2D eigenvalue weighted by molar-refractivity contribution is 0.452. The number of aromatic nitrogens is 3. The average Bonchev–Trinajstić information content (AvgIpc) is 2.64. The molecule has 0 aliphatic carbocycles. The number of rotatable bonds is 2. The molecule has 16 heavy (non-hydrogen) atoms. The first-order chi connectivity index (χ1) is 7.58. The van der Waals surface area contributed by atoms with Crippen LogP contribution in [0.2, 0.25) is 5.02 Å². The summed E-state index contributed by atoms with van der Waals surface area (Å²) in [7, 11) is 0. The van der Waals surface area contributed by atoms with Gasteiger partial charge in [0.15, 0.2) is 0 Å². The number of halogens is 2. The van der Waals surface area contributed by atoms with E-state index >= 15 is 0 Å². The van der Waals surface area contributed by atoms with Crippen LogP contribution in [0, 0.1) is 0 Å². The minimum absolute atomic E-state index is 0.0954. The van der Waals surface area contributed by atoms with Crippen LogP contribution in [0.1, 0.15) is 16.4 Å². The van der Waals surface area contributed by atoms with Gasteiger partial charge in [-0.25, -0.2) is 4.68 Å². The average molecular weight is 350 g/mol. The van der Waals surface area contributed by atoms with E-state index in [0.717, 1.165) is 11.3 Å². The molecule has 1 atom stereocenters. The highest BCUT2D eigenvalue weighted by Crippen LogP contribution is 2.30. The van der Waals surface area contributed by atoms with E-state index in [-0.39, 0.29) is 9.80 Å². The maximum Gasteiger partial charge on any atom is 0.251 e. The summed E-state index contributed by atoms with van der Waals surface area (Å²) in [5.41, 5.74) is 1.93. The van der Waals surface area contributed by atoms with Gasteiger partial charge in [-0.2, -0.15) is 0 Å². The second-order valence-corrected chi connectivity index (χ2v) is 5.65. The molecule has 6 heteroatoms. The Labute approximate surface area is 111 Å². The highest BCUT2D eigenvalue weighted by Gasteiger charge is 2.11. The van der Waals surface area contributed by atoms with Gasteiger partial charge in [0.25, 0.3) is 5.88 Å². The van der Waals surface area contributed by atoms with Gasteiger partial charge in [-0.1, -0.05) is 44.5 Å². The molecule has 84 valence electrons. The summed E-state index contributed by atoms with van der Waals surface area (Å²) in [6, 6.07) is 5.55. The number of nitrogens with zero attached hydrogens (tertiary/aromatic N) is 3. The van der Waals surface area contributed by atoms with E-state index in [4.69, 9.17) is 11.6 Å². The van der Waals surface area contributed by atoms with Gasteiger partial charge in [0.1, 0.15) is 0 Å². The Morgan fingerprint density at radius 1 is 1.50 bits per heavy atom. The fourth-order valence-electron chi connectivity index (χ4n) is 1.43. The molecule has 0 amide bonds. The minimum Gasteiger partial charge on any atom is -0.491 e. The van der Waals surface area contributed by atoms with Crippen LogP contribution in [0.15, 0.2) is 24.4 Å². The quantitative estimate of drug-likeness (QED) is 0.669. The molecule has 0 radical (unpaired) electrons. The van der Waals surface area contributed by atoms with Crippen molar-refractivity contribution in [3.63, 3.8) is 0 Å². The van der Waals surface area contributed by atoms with Gasteiger partial charge >= 0.3 is 0 Å². The predicted octanol–water partition coefficient (Wildman–Crippen LogP) is 3.12. The van der Waals surface area contributed by atoms with Crippen molar-refractivity contribution in [3.8, 4) is 11.6 Å². The van der Waals surface area contributed by atoms with Crippen LogP contribution < -0.4 is 0 Å². The van der Waals surface area contributed by atoms with Gasteiger partial charge < -0.3 is 5.11 Å². The lowest BCUT2D eigenvalue weighted by atomic mass is 10.1. The number of hydrogen-bond acceptors (Lipinski definition) is 3. The van der Waals surface area contributed by atoms with Crippen molar-refractivity contribution in [1.29, 1.82) is 0 Å². The summed E-state index contributed by atoms with van der Waals surface area (Å²) in [5, 5.41) is 17.2. The van der Waals surface area contributed by atoms with Crippen LogP contribution in [0.3, 0.4) is 0 Å². The van der Waals surface area contributed by atoms with Crippen molar-refractivity contribution in [3.05, 3.63) is 35.0 Å².